The van der Waals surface area contributed by atoms with Crippen LogP contribution in [0.2, 0.25) is 0 Å². The van der Waals surface area contributed by atoms with E-state index < -0.39 is 5.91 Å². The van der Waals surface area contributed by atoms with Crippen molar-refractivity contribution >= 4 is 28.8 Å². The zero-order chi connectivity index (χ0) is 21.1. The minimum atomic E-state index is -0.424. The lowest BCUT2D eigenvalue weighted by Gasteiger charge is -2.36. The molecule has 6 nitrogen and oxygen atoms in total. The monoisotopic (exact) mass is 420 g/mol. The zero-order valence-electron chi connectivity index (χ0n) is 16.9. The second kappa shape index (κ2) is 8.67. The number of nitrogens with zero attached hydrogens (tertiary/aromatic N) is 3. The average Bonchev–Trinajstić information content (AvgIpc) is 3.21. The summed E-state index contributed by atoms with van der Waals surface area (Å²) in [6.45, 7) is 4.91. The molecule has 1 fully saturated rings. The fraction of sp³-hybridized carbons (Fsp3) is 0.261. The first-order valence-corrected chi connectivity index (χ1v) is 10.8. The number of aromatic nitrogens is 1. The standard InChI is InChI=1S/C23H24N4O2S/c1-16-25-21(15-30-16)18-4-2-17(3-5-18)14-22(28)27-12-10-26(11-13-27)20-8-6-19(7-9-20)23(24)29/h2-9,15H,10-14H2,1H3,(H2,24,29). The molecule has 0 radical (unpaired) electrons. The molecule has 2 aromatic carbocycles. The van der Waals surface area contributed by atoms with Crippen molar-refractivity contribution in [1.82, 2.24) is 9.88 Å². The Labute approximate surface area is 180 Å². The van der Waals surface area contributed by atoms with Crippen LogP contribution in [0.15, 0.2) is 53.9 Å². The molecule has 4 rings (SSSR count). The maximum atomic E-state index is 12.7. The van der Waals surface area contributed by atoms with E-state index in [1.165, 1.54) is 0 Å². The predicted octanol–water partition coefficient (Wildman–Crippen LogP) is 3.11. The van der Waals surface area contributed by atoms with Gasteiger partial charge in [0.05, 0.1) is 17.1 Å². The summed E-state index contributed by atoms with van der Waals surface area (Å²) in [5.41, 5.74) is 9.91. The average molecular weight is 421 g/mol. The minimum Gasteiger partial charge on any atom is -0.368 e. The van der Waals surface area contributed by atoms with Crippen molar-refractivity contribution in [3.63, 3.8) is 0 Å². The molecule has 0 saturated carbocycles. The van der Waals surface area contributed by atoms with Crippen LogP contribution in [-0.2, 0) is 11.2 Å². The van der Waals surface area contributed by atoms with Crippen LogP contribution in [0.4, 0.5) is 5.69 Å². The highest BCUT2D eigenvalue weighted by molar-refractivity contribution is 7.09. The number of thiazole rings is 1. The lowest BCUT2D eigenvalue weighted by molar-refractivity contribution is -0.130. The molecule has 2 heterocycles. The molecular weight excluding hydrogens is 396 g/mol. The third-order valence-corrected chi connectivity index (χ3v) is 6.15. The highest BCUT2D eigenvalue weighted by atomic mass is 32.1. The Hall–Kier alpha value is -3.19. The van der Waals surface area contributed by atoms with Gasteiger partial charge < -0.3 is 15.5 Å². The fourth-order valence-corrected chi connectivity index (χ4v) is 4.25. The molecule has 3 aromatic rings. The quantitative estimate of drug-likeness (QED) is 0.688. The molecule has 1 saturated heterocycles. The number of hydrogen-bond donors (Lipinski definition) is 1. The van der Waals surface area contributed by atoms with Crippen molar-refractivity contribution in [2.45, 2.75) is 13.3 Å². The Morgan fingerprint density at radius 1 is 1.00 bits per heavy atom. The van der Waals surface area contributed by atoms with Gasteiger partial charge >= 0.3 is 0 Å². The summed E-state index contributed by atoms with van der Waals surface area (Å²) in [6.07, 6.45) is 0.406. The summed E-state index contributed by atoms with van der Waals surface area (Å²) >= 11 is 1.64. The SMILES string of the molecule is Cc1nc(-c2ccc(CC(=O)N3CCN(c4ccc(C(N)=O)cc4)CC3)cc2)cs1. The molecule has 0 spiro atoms. The van der Waals surface area contributed by atoms with Crippen LogP contribution in [0.25, 0.3) is 11.3 Å². The fourth-order valence-electron chi connectivity index (χ4n) is 3.63. The molecule has 30 heavy (non-hydrogen) atoms. The van der Waals surface area contributed by atoms with E-state index in [0.29, 0.717) is 25.1 Å². The van der Waals surface area contributed by atoms with Crippen molar-refractivity contribution in [3.8, 4) is 11.3 Å². The summed E-state index contributed by atoms with van der Waals surface area (Å²) in [5, 5.41) is 3.10. The number of nitrogens with two attached hydrogens (primary N) is 1. The second-order valence-corrected chi connectivity index (χ2v) is 8.47. The Kier molecular flexibility index (Phi) is 5.81. The van der Waals surface area contributed by atoms with Crippen molar-refractivity contribution < 1.29 is 9.59 Å². The summed E-state index contributed by atoms with van der Waals surface area (Å²) in [5.74, 6) is -0.275. The lowest BCUT2D eigenvalue weighted by atomic mass is 10.1. The Balaban J connectivity index is 1.31. The molecule has 7 heteroatoms. The van der Waals surface area contributed by atoms with Crippen molar-refractivity contribution in [2.75, 3.05) is 31.1 Å². The normalized spacial score (nSPS) is 14.0. The molecular formula is C23H24N4O2S. The van der Waals surface area contributed by atoms with Gasteiger partial charge in [0, 0.05) is 48.4 Å². The maximum absolute atomic E-state index is 12.7. The van der Waals surface area contributed by atoms with Gasteiger partial charge in [0.1, 0.15) is 0 Å². The third-order valence-electron chi connectivity index (χ3n) is 5.37. The van der Waals surface area contributed by atoms with Crippen LogP contribution in [-0.4, -0.2) is 47.9 Å². The number of anilines is 1. The molecule has 0 aliphatic carbocycles. The maximum Gasteiger partial charge on any atom is 0.248 e. The van der Waals surface area contributed by atoms with Crippen LogP contribution < -0.4 is 10.6 Å². The Morgan fingerprint density at radius 2 is 1.67 bits per heavy atom. The van der Waals surface area contributed by atoms with E-state index in [-0.39, 0.29) is 5.91 Å². The van der Waals surface area contributed by atoms with Gasteiger partial charge in [-0.15, -0.1) is 11.3 Å². The third kappa shape index (κ3) is 4.52. The van der Waals surface area contributed by atoms with Gasteiger partial charge in [-0.25, -0.2) is 4.98 Å². The Bertz CT molecular complexity index is 1040. The number of amides is 2. The lowest BCUT2D eigenvalue weighted by Crippen LogP contribution is -2.49. The molecule has 154 valence electrons. The van der Waals surface area contributed by atoms with Crippen LogP contribution in [0.5, 0.6) is 0 Å². The first kappa shape index (κ1) is 20.1. The highest BCUT2D eigenvalue weighted by Gasteiger charge is 2.21. The van der Waals surface area contributed by atoms with Gasteiger partial charge in [-0.1, -0.05) is 24.3 Å². The van der Waals surface area contributed by atoms with Gasteiger partial charge in [0.15, 0.2) is 0 Å². The van der Waals surface area contributed by atoms with Crippen LogP contribution in [0.1, 0.15) is 20.9 Å². The molecule has 0 bridgehead atoms. The van der Waals surface area contributed by atoms with E-state index in [1.807, 2.05) is 48.2 Å². The summed E-state index contributed by atoms with van der Waals surface area (Å²) in [7, 11) is 0. The number of piperazine rings is 1. The molecule has 2 amide bonds. The summed E-state index contributed by atoms with van der Waals surface area (Å²) < 4.78 is 0. The van der Waals surface area contributed by atoms with Crippen molar-refractivity contribution in [2.24, 2.45) is 5.73 Å². The number of carbonyl (C=O) groups is 2. The van der Waals surface area contributed by atoms with Gasteiger partial charge in [0.25, 0.3) is 0 Å². The molecule has 0 unspecified atom stereocenters. The molecule has 1 aliphatic heterocycles. The second-order valence-electron chi connectivity index (χ2n) is 7.40. The highest BCUT2D eigenvalue weighted by Crippen LogP contribution is 2.22. The van der Waals surface area contributed by atoms with E-state index in [1.54, 1.807) is 23.5 Å². The predicted molar refractivity (Wildman–Crippen MR) is 120 cm³/mol. The number of hydrogen-bond acceptors (Lipinski definition) is 5. The largest absolute Gasteiger partial charge is 0.368 e. The van der Waals surface area contributed by atoms with Crippen LogP contribution >= 0.6 is 11.3 Å². The molecule has 1 aliphatic rings. The Morgan fingerprint density at radius 3 is 2.23 bits per heavy atom. The summed E-state index contributed by atoms with van der Waals surface area (Å²) in [4.78, 5) is 32.6. The zero-order valence-corrected chi connectivity index (χ0v) is 17.7. The molecule has 0 atom stereocenters. The van der Waals surface area contributed by atoms with Gasteiger partial charge in [-0.2, -0.15) is 0 Å². The number of aryl methyl sites for hydroxylation is 1. The minimum absolute atomic E-state index is 0.149. The van der Waals surface area contributed by atoms with Crippen molar-refractivity contribution in [1.29, 1.82) is 0 Å². The molecule has 1 aromatic heterocycles. The van der Waals surface area contributed by atoms with E-state index in [4.69, 9.17) is 5.73 Å². The first-order chi connectivity index (χ1) is 14.5. The first-order valence-electron chi connectivity index (χ1n) is 9.93. The van der Waals surface area contributed by atoms with E-state index >= 15 is 0 Å². The molecule has 2 N–H and O–H groups in total. The van der Waals surface area contributed by atoms with E-state index in [0.717, 1.165) is 40.6 Å². The number of benzene rings is 2. The van der Waals surface area contributed by atoms with E-state index in [9.17, 15) is 9.59 Å². The van der Waals surface area contributed by atoms with Crippen LogP contribution in [0.3, 0.4) is 0 Å². The summed E-state index contributed by atoms with van der Waals surface area (Å²) in [6, 6.07) is 15.4. The van der Waals surface area contributed by atoms with Crippen molar-refractivity contribution in [3.05, 3.63) is 70.0 Å². The smallest absolute Gasteiger partial charge is 0.248 e. The van der Waals surface area contributed by atoms with E-state index in [2.05, 4.69) is 15.3 Å². The number of rotatable bonds is 5. The number of primary amides is 1. The number of carbonyl (C=O) groups excluding carboxylic acids is 2. The van der Waals surface area contributed by atoms with Gasteiger partial charge in [-0.05, 0) is 36.8 Å². The topological polar surface area (TPSA) is 79.5 Å². The van der Waals surface area contributed by atoms with Crippen LogP contribution in [0, 0.1) is 6.92 Å². The van der Waals surface area contributed by atoms with Gasteiger partial charge in [-0.3, -0.25) is 9.59 Å². The van der Waals surface area contributed by atoms with Gasteiger partial charge in [0.2, 0.25) is 11.8 Å².